The number of carbonyl (C=O) groups is 1. The number of hydrogen-bond acceptors (Lipinski definition) is 3. The van der Waals surface area contributed by atoms with E-state index in [1.54, 1.807) is 6.07 Å². The Morgan fingerprint density at radius 3 is 3.07 bits per heavy atom. The van der Waals surface area contributed by atoms with Crippen molar-refractivity contribution in [1.82, 2.24) is 9.97 Å². The van der Waals surface area contributed by atoms with E-state index in [1.165, 1.54) is 12.3 Å². The summed E-state index contributed by atoms with van der Waals surface area (Å²) in [5, 5.41) is 18.0. The summed E-state index contributed by atoms with van der Waals surface area (Å²) >= 11 is 0. The lowest BCUT2D eigenvalue weighted by Gasteiger charge is -1.88. The molecule has 0 fully saturated rings. The molecule has 0 spiro atoms. The fourth-order valence-electron chi connectivity index (χ4n) is 1.24. The molecule has 0 aliphatic rings. The number of H-pyrrole nitrogens is 1. The van der Waals surface area contributed by atoms with E-state index in [0.29, 0.717) is 16.6 Å². The number of pyridine rings is 1. The summed E-state index contributed by atoms with van der Waals surface area (Å²) in [6.07, 6.45) is 1.46. The summed E-state index contributed by atoms with van der Waals surface area (Å²) in [5.74, 6) is -1.06. The molecule has 0 saturated heterocycles. The van der Waals surface area contributed by atoms with Gasteiger partial charge in [-0.2, -0.15) is 5.26 Å². The smallest absolute Gasteiger partial charge is 0.352 e. The average molecular weight is 187 g/mol. The maximum absolute atomic E-state index is 10.6. The van der Waals surface area contributed by atoms with E-state index in [1.807, 2.05) is 6.07 Å². The lowest BCUT2D eigenvalue weighted by molar-refractivity contribution is 0.0691. The Bertz CT molecular complexity index is 551. The van der Waals surface area contributed by atoms with Crippen molar-refractivity contribution in [2.75, 3.05) is 0 Å². The molecule has 2 aromatic rings. The zero-order valence-corrected chi connectivity index (χ0v) is 6.98. The Hall–Kier alpha value is -2.35. The van der Waals surface area contributed by atoms with Crippen LogP contribution in [0, 0.1) is 11.3 Å². The minimum Gasteiger partial charge on any atom is -0.477 e. The molecule has 5 heteroatoms. The highest BCUT2D eigenvalue weighted by atomic mass is 16.4. The quantitative estimate of drug-likeness (QED) is 0.700. The number of carboxylic acid groups (broad SMARTS) is 1. The van der Waals surface area contributed by atoms with Crippen LogP contribution in [0.15, 0.2) is 18.3 Å². The van der Waals surface area contributed by atoms with E-state index >= 15 is 0 Å². The number of fused-ring (bicyclic) bond motifs is 1. The molecule has 0 radical (unpaired) electrons. The highest BCUT2D eigenvalue weighted by Gasteiger charge is 2.10. The van der Waals surface area contributed by atoms with Crippen molar-refractivity contribution >= 4 is 17.0 Å². The molecule has 0 aliphatic carbocycles. The van der Waals surface area contributed by atoms with Gasteiger partial charge in [0, 0.05) is 11.6 Å². The number of nitriles is 1. The van der Waals surface area contributed by atoms with Crippen LogP contribution in [-0.4, -0.2) is 21.0 Å². The largest absolute Gasteiger partial charge is 0.477 e. The molecule has 2 aromatic heterocycles. The van der Waals surface area contributed by atoms with E-state index in [0.717, 1.165) is 0 Å². The van der Waals surface area contributed by atoms with Crippen LogP contribution in [0.4, 0.5) is 0 Å². The van der Waals surface area contributed by atoms with Crippen LogP contribution in [0.25, 0.3) is 11.0 Å². The molecule has 2 heterocycles. The van der Waals surface area contributed by atoms with E-state index in [-0.39, 0.29) is 5.69 Å². The number of nitrogens with zero attached hydrogens (tertiary/aromatic N) is 2. The Balaban J connectivity index is 2.78. The first kappa shape index (κ1) is 8.26. The molecule has 14 heavy (non-hydrogen) atoms. The fraction of sp³-hybridized carbons (Fsp3) is 0. The first-order valence-electron chi connectivity index (χ1n) is 3.83. The monoisotopic (exact) mass is 187 g/mol. The summed E-state index contributed by atoms with van der Waals surface area (Å²) in [6.45, 7) is 0. The number of carboxylic acids is 1. The van der Waals surface area contributed by atoms with Gasteiger partial charge in [0.05, 0.1) is 11.6 Å². The number of hydrogen-bond donors (Lipinski definition) is 2. The fourth-order valence-corrected chi connectivity index (χ4v) is 1.24. The van der Waals surface area contributed by atoms with Crippen molar-refractivity contribution in [3.63, 3.8) is 0 Å². The third-order valence-corrected chi connectivity index (χ3v) is 1.88. The first-order chi connectivity index (χ1) is 6.72. The number of rotatable bonds is 1. The van der Waals surface area contributed by atoms with Gasteiger partial charge < -0.3 is 10.1 Å². The van der Waals surface area contributed by atoms with Crippen molar-refractivity contribution in [1.29, 1.82) is 5.26 Å². The van der Waals surface area contributed by atoms with Crippen LogP contribution in [-0.2, 0) is 0 Å². The number of nitrogens with one attached hydrogen (secondary N) is 1. The molecule has 2 rings (SSSR count). The molecule has 5 nitrogen and oxygen atoms in total. The zero-order chi connectivity index (χ0) is 10.1. The van der Waals surface area contributed by atoms with Crippen LogP contribution in [0.5, 0.6) is 0 Å². The van der Waals surface area contributed by atoms with Gasteiger partial charge in [0.25, 0.3) is 0 Å². The molecule has 0 aliphatic heterocycles. The van der Waals surface area contributed by atoms with Gasteiger partial charge in [0.2, 0.25) is 0 Å². The summed E-state index contributed by atoms with van der Waals surface area (Å²) < 4.78 is 0. The number of aromatic nitrogens is 2. The van der Waals surface area contributed by atoms with Crippen molar-refractivity contribution in [2.45, 2.75) is 0 Å². The Kier molecular flexibility index (Phi) is 1.68. The van der Waals surface area contributed by atoms with Crippen LogP contribution in [0.1, 0.15) is 16.1 Å². The Morgan fingerprint density at radius 2 is 2.43 bits per heavy atom. The highest BCUT2D eigenvalue weighted by Crippen LogP contribution is 2.16. The summed E-state index contributed by atoms with van der Waals surface area (Å²) in [5.41, 5.74) is 0.871. The number of aromatic carboxylic acids is 1. The van der Waals surface area contributed by atoms with Crippen molar-refractivity contribution < 1.29 is 9.90 Å². The normalized spacial score (nSPS) is 9.93. The van der Waals surface area contributed by atoms with Crippen LogP contribution >= 0.6 is 0 Å². The maximum atomic E-state index is 10.6. The SMILES string of the molecule is N#Cc1ccnc2[nH]c(C(=O)O)cc12. The Morgan fingerprint density at radius 1 is 1.64 bits per heavy atom. The molecule has 2 N–H and O–H groups in total. The van der Waals surface area contributed by atoms with E-state index in [9.17, 15) is 4.79 Å². The van der Waals surface area contributed by atoms with Gasteiger partial charge in [0.15, 0.2) is 0 Å². The van der Waals surface area contributed by atoms with Gasteiger partial charge >= 0.3 is 5.97 Å². The summed E-state index contributed by atoms with van der Waals surface area (Å²) in [7, 11) is 0. The van der Waals surface area contributed by atoms with Gasteiger partial charge in [-0.3, -0.25) is 0 Å². The minimum atomic E-state index is -1.06. The summed E-state index contributed by atoms with van der Waals surface area (Å²) in [4.78, 5) is 17.2. The summed E-state index contributed by atoms with van der Waals surface area (Å²) in [6, 6.07) is 4.92. The van der Waals surface area contributed by atoms with Gasteiger partial charge in [-0.25, -0.2) is 9.78 Å². The van der Waals surface area contributed by atoms with Crippen LogP contribution in [0.2, 0.25) is 0 Å². The zero-order valence-electron chi connectivity index (χ0n) is 6.98. The van der Waals surface area contributed by atoms with Gasteiger partial charge in [-0.05, 0) is 12.1 Å². The second kappa shape index (κ2) is 2.85. The topological polar surface area (TPSA) is 89.8 Å². The van der Waals surface area contributed by atoms with Crippen LogP contribution < -0.4 is 0 Å². The molecule has 0 aromatic carbocycles. The van der Waals surface area contributed by atoms with Crippen LogP contribution in [0.3, 0.4) is 0 Å². The second-order valence-corrected chi connectivity index (χ2v) is 2.72. The van der Waals surface area contributed by atoms with Gasteiger partial charge in [-0.15, -0.1) is 0 Å². The van der Waals surface area contributed by atoms with E-state index < -0.39 is 5.97 Å². The lowest BCUT2D eigenvalue weighted by Crippen LogP contribution is -1.94. The van der Waals surface area contributed by atoms with Crippen molar-refractivity contribution in [2.24, 2.45) is 0 Å². The van der Waals surface area contributed by atoms with E-state index in [2.05, 4.69) is 9.97 Å². The Labute approximate surface area is 78.6 Å². The van der Waals surface area contributed by atoms with Crippen molar-refractivity contribution in [3.8, 4) is 6.07 Å². The molecule has 0 bridgehead atoms. The third kappa shape index (κ3) is 1.10. The average Bonchev–Trinajstić information content (AvgIpc) is 2.60. The molecule has 68 valence electrons. The minimum absolute atomic E-state index is 0.0372. The van der Waals surface area contributed by atoms with Crippen molar-refractivity contribution in [3.05, 3.63) is 29.6 Å². The van der Waals surface area contributed by atoms with E-state index in [4.69, 9.17) is 10.4 Å². The molecular weight excluding hydrogens is 182 g/mol. The highest BCUT2D eigenvalue weighted by molar-refractivity contribution is 5.94. The van der Waals surface area contributed by atoms with Gasteiger partial charge in [-0.1, -0.05) is 0 Å². The standard InChI is InChI=1S/C9H5N3O2/c10-4-5-1-2-11-8-6(5)3-7(12-8)9(13)14/h1-3H,(H,11,12)(H,13,14). The molecular formula is C9H5N3O2. The van der Waals surface area contributed by atoms with Gasteiger partial charge in [0.1, 0.15) is 11.3 Å². The molecule has 0 amide bonds. The lowest BCUT2D eigenvalue weighted by atomic mass is 10.2. The maximum Gasteiger partial charge on any atom is 0.352 e. The first-order valence-corrected chi connectivity index (χ1v) is 3.83. The second-order valence-electron chi connectivity index (χ2n) is 2.72. The third-order valence-electron chi connectivity index (χ3n) is 1.88. The number of aromatic amines is 1. The molecule has 0 unspecified atom stereocenters. The molecule has 0 atom stereocenters. The predicted molar refractivity (Wildman–Crippen MR) is 47.8 cm³/mol. The predicted octanol–water partition coefficient (Wildman–Crippen LogP) is 1.13. The molecule has 0 saturated carbocycles.